The lowest BCUT2D eigenvalue weighted by atomic mass is 10.1. The minimum Gasteiger partial charge on any atom is -0.298 e. The van der Waals surface area contributed by atoms with Crippen molar-refractivity contribution < 1.29 is 13.2 Å². The van der Waals surface area contributed by atoms with Crippen molar-refractivity contribution in [2.45, 2.75) is 32.4 Å². The molecule has 0 bridgehead atoms. The Morgan fingerprint density at radius 1 is 1.25 bits per heavy atom. The second-order valence-electron chi connectivity index (χ2n) is 3.54. The average Bonchev–Trinajstić information content (AvgIpc) is 1.82. The van der Waals surface area contributed by atoms with Crippen LogP contribution in [0.15, 0.2) is 0 Å². The lowest BCUT2D eigenvalue weighted by Crippen LogP contribution is -2.27. The molecule has 0 aliphatic carbocycles. The molecule has 0 radical (unpaired) electrons. The van der Waals surface area contributed by atoms with Crippen LogP contribution in [0.25, 0.3) is 0 Å². The Morgan fingerprint density at radius 2 is 1.67 bits per heavy atom. The molecule has 0 amide bonds. The second-order valence-corrected chi connectivity index (χ2v) is 5.90. The Morgan fingerprint density at radius 3 is 1.92 bits per heavy atom. The van der Waals surface area contributed by atoms with Crippen LogP contribution in [0.1, 0.15) is 27.2 Å². The van der Waals surface area contributed by atoms with Crippen LogP contribution in [0.2, 0.25) is 0 Å². The van der Waals surface area contributed by atoms with E-state index in [-0.39, 0.29) is 11.7 Å². The molecule has 0 heterocycles. The number of Topliss-reactive ketones (excluding diaryl/α,β-unsaturated/α-hetero) is 1. The smallest absolute Gasteiger partial charge is 0.157 e. The first kappa shape index (κ1) is 11.6. The molecule has 1 atom stereocenters. The fraction of sp³-hybridized carbons (Fsp3) is 0.875. The van der Waals surface area contributed by atoms with Crippen molar-refractivity contribution in [3.63, 3.8) is 0 Å². The summed E-state index contributed by atoms with van der Waals surface area (Å²) < 4.78 is 21.9. The highest BCUT2D eigenvalue weighted by molar-refractivity contribution is 7.92. The highest BCUT2D eigenvalue weighted by Crippen LogP contribution is 2.08. The van der Waals surface area contributed by atoms with Crippen LogP contribution in [-0.4, -0.2) is 25.7 Å². The quantitative estimate of drug-likeness (QED) is 0.668. The fourth-order valence-corrected chi connectivity index (χ4v) is 1.38. The Labute approximate surface area is 74.1 Å². The maximum absolute atomic E-state index is 11.2. The predicted octanol–water partition coefficient (Wildman–Crippen LogP) is 1.03. The monoisotopic (exact) mass is 192 g/mol. The second kappa shape index (κ2) is 4.03. The van der Waals surface area contributed by atoms with Crippen molar-refractivity contribution in [1.29, 1.82) is 0 Å². The van der Waals surface area contributed by atoms with E-state index in [1.165, 1.54) is 6.92 Å². The molecular weight excluding hydrogens is 176 g/mol. The van der Waals surface area contributed by atoms with Crippen LogP contribution in [0.5, 0.6) is 0 Å². The van der Waals surface area contributed by atoms with Crippen LogP contribution < -0.4 is 0 Å². The zero-order valence-corrected chi connectivity index (χ0v) is 8.81. The van der Waals surface area contributed by atoms with Gasteiger partial charge >= 0.3 is 0 Å². The van der Waals surface area contributed by atoms with Gasteiger partial charge in [-0.05, 0) is 12.8 Å². The van der Waals surface area contributed by atoms with Gasteiger partial charge in [0.2, 0.25) is 0 Å². The Bertz CT molecular complexity index is 251. The first-order valence-electron chi connectivity index (χ1n) is 3.96. The van der Waals surface area contributed by atoms with Crippen molar-refractivity contribution in [2.24, 2.45) is 5.92 Å². The van der Waals surface area contributed by atoms with Crippen LogP contribution >= 0.6 is 0 Å². The summed E-state index contributed by atoms with van der Waals surface area (Å²) in [5.74, 6) is 0.0363. The maximum Gasteiger partial charge on any atom is 0.157 e. The van der Waals surface area contributed by atoms with Gasteiger partial charge in [-0.15, -0.1) is 0 Å². The Balaban J connectivity index is 4.32. The molecular formula is C8H16O3S. The van der Waals surface area contributed by atoms with Gasteiger partial charge in [-0.2, -0.15) is 0 Å². The number of carbonyl (C=O) groups excluding carboxylic acids is 1. The van der Waals surface area contributed by atoms with E-state index in [0.717, 1.165) is 6.26 Å². The van der Waals surface area contributed by atoms with E-state index in [1.807, 2.05) is 13.8 Å². The Kier molecular flexibility index (Phi) is 3.90. The van der Waals surface area contributed by atoms with E-state index in [2.05, 4.69) is 0 Å². The molecule has 0 aromatic rings. The SMILES string of the molecule is CC(C)CC(=O)C(C)S(C)(=O)=O. The minimum absolute atomic E-state index is 0.187. The molecule has 0 aliphatic heterocycles. The Hall–Kier alpha value is -0.380. The molecule has 4 heteroatoms. The number of sulfone groups is 1. The summed E-state index contributed by atoms with van der Waals surface area (Å²) in [6.45, 7) is 5.24. The molecule has 72 valence electrons. The van der Waals surface area contributed by atoms with E-state index in [9.17, 15) is 13.2 Å². The molecule has 0 saturated carbocycles. The fourth-order valence-electron chi connectivity index (χ4n) is 0.807. The standard InChI is InChI=1S/C8H16O3S/c1-6(2)5-8(9)7(3)12(4,10)11/h6-7H,5H2,1-4H3. The maximum atomic E-state index is 11.2. The lowest BCUT2D eigenvalue weighted by Gasteiger charge is -2.09. The van der Waals surface area contributed by atoms with Crippen molar-refractivity contribution in [3.05, 3.63) is 0 Å². The topological polar surface area (TPSA) is 51.2 Å². The van der Waals surface area contributed by atoms with E-state index >= 15 is 0 Å². The molecule has 0 aliphatic rings. The summed E-state index contributed by atoms with van der Waals surface area (Å²) in [7, 11) is -3.20. The molecule has 12 heavy (non-hydrogen) atoms. The summed E-state index contributed by atoms with van der Waals surface area (Å²) in [5.41, 5.74) is 0. The highest BCUT2D eigenvalue weighted by atomic mass is 32.2. The number of hydrogen-bond acceptors (Lipinski definition) is 3. The molecule has 0 fully saturated rings. The van der Waals surface area contributed by atoms with Gasteiger partial charge in [0.1, 0.15) is 5.25 Å². The van der Waals surface area contributed by atoms with E-state index in [4.69, 9.17) is 0 Å². The van der Waals surface area contributed by atoms with Crippen LogP contribution in [-0.2, 0) is 14.6 Å². The molecule has 0 aromatic carbocycles. The van der Waals surface area contributed by atoms with E-state index < -0.39 is 15.1 Å². The highest BCUT2D eigenvalue weighted by Gasteiger charge is 2.23. The summed E-state index contributed by atoms with van der Waals surface area (Å²) in [6, 6.07) is 0. The molecule has 3 nitrogen and oxygen atoms in total. The first-order chi connectivity index (χ1) is 5.25. The summed E-state index contributed by atoms with van der Waals surface area (Å²) in [4.78, 5) is 11.2. The van der Waals surface area contributed by atoms with E-state index in [1.54, 1.807) is 0 Å². The van der Waals surface area contributed by atoms with Gasteiger partial charge in [-0.1, -0.05) is 13.8 Å². The molecule has 1 unspecified atom stereocenters. The molecule has 0 spiro atoms. The molecule has 0 aromatic heterocycles. The van der Waals surface area contributed by atoms with Gasteiger partial charge in [0.25, 0.3) is 0 Å². The largest absolute Gasteiger partial charge is 0.298 e. The van der Waals surface area contributed by atoms with Gasteiger partial charge < -0.3 is 0 Å². The number of hydrogen-bond donors (Lipinski definition) is 0. The predicted molar refractivity (Wildman–Crippen MR) is 48.8 cm³/mol. The average molecular weight is 192 g/mol. The van der Waals surface area contributed by atoms with Crippen LogP contribution in [0.4, 0.5) is 0 Å². The van der Waals surface area contributed by atoms with Gasteiger partial charge in [-0.3, -0.25) is 4.79 Å². The number of carbonyl (C=O) groups is 1. The lowest BCUT2D eigenvalue weighted by molar-refractivity contribution is -0.119. The third-order valence-corrected chi connectivity index (χ3v) is 3.25. The van der Waals surface area contributed by atoms with E-state index in [0.29, 0.717) is 6.42 Å². The van der Waals surface area contributed by atoms with Crippen molar-refractivity contribution in [3.8, 4) is 0 Å². The van der Waals surface area contributed by atoms with Crippen molar-refractivity contribution in [2.75, 3.05) is 6.26 Å². The van der Waals surface area contributed by atoms with Gasteiger partial charge in [0.05, 0.1) is 0 Å². The van der Waals surface area contributed by atoms with Crippen LogP contribution in [0, 0.1) is 5.92 Å². The van der Waals surface area contributed by atoms with Crippen LogP contribution in [0.3, 0.4) is 0 Å². The third-order valence-electron chi connectivity index (χ3n) is 1.71. The molecule has 0 saturated heterocycles. The zero-order chi connectivity index (χ0) is 9.94. The first-order valence-corrected chi connectivity index (χ1v) is 5.92. The molecule has 0 rings (SSSR count). The third kappa shape index (κ3) is 3.85. The van der Waals surface area contributed by atoms with Crippen molar-refractivity contribution in [1.82, 2.24) is 0 Å². The van der Waals surface area contributed by atoms with Gasteiger partial charge in [-0.25, -0.2) is 8.42 Å². The minimum atomic E-state index is -3.20. The summed E-state index contributed by atoms with van der Waals surface area (Å²) in [5, 5.41) is -0.847. The van der Waals surface area contributed by atoms with Gasteiger partial charge in [0, 0.05) is 12.7 Å². The number of ketones is 1. The summed E-state index contributed by atoms with van der Waals surface area (Å²) in [6.07, 6.45) is 1.43. The van der Waals surface area contributed by atoms with Gasteiger partial charge in [0.15, 0.2) is 15.6 Å². The molecule has 0 N–H and O–H groups in total. The van der Waals surface area contributed by atoms with Crippen molar-refractivity contribution >= 4 is 15.6 Å². The number of rotatable bonds is 4. The normalized spacial score (nSPS) is 14.8. The summed E-state index contributed by atoms with van der Waals surface area (Å²) >= 11 is 0. The zero-order valence-electron chi connectivity index (χ0n) is 7.99.